The van der Waals surface area contributed by atoms with Gasteiger partial charge >= 0.3 is 11.9 Å². The van der Waals surface area contributed by atoms with Gasteiger partial charge in [0.2, 0.25) is 59.1 Å². The molecule has 0 saturated carbocycles. The second-order valence-electron chi connectivity index (χ2n) is 19.6. The van der Waals surface area contributed by atoms with E-state index in [-0.39, 0.29) is 38.0 Å². The number of phenols is 1. The maximum absolute atomic E-state index is 14.3. The van der Waals surface area contributed by atoms with Crippen LogP contribution in [0.2, 0.25) is 0 Å². The molecule has 3 aromatic rings. The van der Waals surface area contributed by atoms with Gasteiger partial charge in [0, 0.05) is 25.7 Å². The zero-order valence-corrected chi connectivity index (χ0v) is 45.7. The lowest BCUT2D eigenvalue weighted by Gasteiger charge is -2.28. The number of nitrogens with one attached hydrogen (secondary N) is 8. The van der Waals surface area contributed by atoms with Crippen molar-refractivity contribution in [1.29, 1.82) is 0 Å². The van der Waals surface area contributed by atoms with Crippen LogP contribution in [0.4, 0.5) is 0 Å². The molecule has 3 rings (SSSR count). The number of carboxylic acid groups (broad SMARTS) is 2. The van der Waals surface area contributed by atoms with Gasteiger partial charge < -0.3 is 80.8 Å². The van der Waals surface area contributed by atoms with Crippen LogP contribution in [0.15, 0.2) is 84.9 Å². The van der Waals surface area contributed by atoms with Crippen molar-refractivity contribution >= 4 is 71.0 Å². The summed E-state index contributed by atoms with van der Waals surface area (Å²) in [5.74, 6) is -12.9. The molecular formula is C55H76N12O15. The van der Waals surface area contributed by atoms with Gasteiger partial charge in [-0.15, -0.1) is 0 Å². The Bertz CT molecular complexity index is 2660. The molecule has 0 spiro atoms. The predicted octanol–water partition coefficient (Wildman–Crippen LogP) is -2.48. The zero-order chi connectivity index (χ0) is 60.9. The molecule has 27 heteroatoms. The van der Waals surface area contributed by atoms with E-state index in [0.717, 1.165) is 0 Å². The Hall–Kier alpha value is -8.98. The van der Waals surface area contributed by atoms with Crippen LogP contribution < -0.4 is 65.5 Å². The smallest absolute Gasteiger partial charge is 0.326 e. The van der Waals surface area contributed by atoms with Gasteiger partial charge in [0.15, 0.2) is 0 Å². The average molecular weight is 1150 g/mol. The van der Waals surface area contributed by atoms with E-state index < -0.39 is 164 Å². The molecule has 0 bridgehead atoms. The molecule has 0 unspecified atom stereocenters. The van der Waals surface area contributed by atoms with Gasteiger partial charge in [-0.2, -0.15) is 0 Å². The summed E-state index contributed by atoms with van der Waals surface area (Å²) in [5.41, 5.74) is 24.1. The number of amides is 10. The summed E-state index contributed by atoms with van der Waals surface area (Å²) >= 11 is 0. The third-order valence-corrected chi connectivity index (χ3v) is 13.0. The van der Waals surface area contributed by atoms with Crippen molar-refractivity contribution in [3.63, 3.8) is 0 Å². The molecule has 10 amide bonds. The number of primary amides is 2. The Morgan fingerprint density at radius 3 is 1.48 bits per heavy atom. The van der Waals surface area contributed by atoms with E-state index >= 15 is 0 Å². The molecule has 27 nitrogen and oxygen atoms in total. The lowest BCUT2D eigenvalue weighted by atomic mass is 9.97. The van der Waals surface area contributed by atoms with Crippen LogP contribution in [0.25, 0.3) is 0 Å². The third kappa shape index (κ3) is 24.6. The maximum Gasteiger partial charge on any atom is 0.326 e. The average Bonchev–Trinajstić information content (AvgIpc) is 3.50. The second kappa shape index (κ2) is 34.9. The molecule has 0 aromatic heterocycles. The molecule has 19 N–H and O–H groups in total. The van der Waals surface area contributed by atoms with Gasteiger partial charge in [0.05, 0.1) is 19.0 Å². The first-order chi connectivity index (χ1) is 38.9. The number of unbranched alkanes of at least 4 members (excludes halogenated alkanes) is 1. The van der Waals surface area contributed by atoms with Crippen LogP contribution in [-0.2, 0) is 76.8 Å². The Labute approximate surface area is 473 Å². The van der Waals surface area contributed by atoms with Crippen LogP contribution in [-0.4, -0.2) is 148 Å². The molecule has 3 aromatic carbocycles. The Morgan fingerprint density at radius 1 is 0.500 bits per heavy atom. The zero-order valence-electron chi connectivity index (χ0n) is 45.7. The number of aliphatic carboxylic acids is 2. The summed E-state index contributed by atoms with van der Waals surface area (Å²) in [4.78, 5) is 158. The summed E-state index contributed by atoms with van der Waals surface area (Å²) in [6, 6.07) is 10.7. The highest BCUT2D eigenvalue weighted by Crippen LogP contribution is 2.14. The van der Waals surface area contributed by atoms with Crippen molar-refractivity contribution in [3.8, 4) is 5.75 Å². The van der Waals surface area contributed by atoms with E-state index in [0.29, 0.717) is 36.0 Å². The first-order valence-corrected chi connectivity index (χ1v) is 26.6. The molecular weight excluding hydrogens is 1070 g/mol. The van der Waals surface area contributed by atoms with Gasteiger partial charge in [-0.25, -0.2) is 4.79 Å². The molecule has 0 radical (unpaired) electrons. The van der Waals surface area contributed by atoms with E-state index in [2.05, 4.69) is 42.5 Å². The SMILES string of the molecule is CC[C@H](C)[C@H](NC(=O)CNC(=O)[C@H](Cc1ccccc1)NC(=O)[C@H](CCC(=O)O)NC(=O)[C@@H](N)Cc1ccc(O)cc1)C(=O)N[C@@H](Cc1ccccc1)C(=O)N[C@@H](CC(N)=O)C(=O)N[C@@H](CCC(N)=O)C(=O)N[C@@H](CCCCN)C(=O)O. The first kappa shape index (κ1) is 67.3. The predicted molar refractivity (Wildman–Crippen MR) is 296 cm³/mol. The number of nitrogens with two attached hydrogens (primary N) is 4. The summed E-state index contributed by atoms with van der Waals surface area (Å²) in [7, 11) is 0. The molecule has 0 aliphatic carbocycles. The number of aromatic hydroxyl groups is 1. The van der Waals surface area contributed by atoms with Crippen LogP contribution in [0, 0.1) is 5.92 Å². The van der Waals surface area contributed by atoms with Gasteiger partial charge in [-0.1, -0.05) is 93.1 Å². The van der Waals surface area contributed by atoms with Crippen molar-refractivity contribution in [3.05, 3.63) is 102 Å². The quantitative estimate of drug-likeness (QED) is 0.0266. The molecule has 0 fully saturated rings. The van der Waals surface area contributed by atoms with E-state index in [1.54, 1.807) is 86.6 Å². The third-order valence-electron chi connectivity index (χ3n) is 13.0. The highest BCUT2D eigenvalue weighted by molar-refractivity contribution is 5.99. The molecule has 0 aliphatic heterocycles. The summed E-state index contributed by atoms with van der Waals surface area (Å²) in [5, 5.41) is 48.5. The lowest BCUT2D eigenvalue weighted by molar-refractivity contribution is -0.143. The molecule has 0 saturated heterocycles. The Kier molecular flexibility index (Phi) is 28.6. The normalized spacial score (nSPS) is 14.2. The molecule has 82 heavy (non-hydrogen) atoms. The van der Waals surface area contributed by atoms with Crippen molar-refractivity contribution in [2.45, 2.75) is 139 Å². The molecule has 0 aliphatic rings. The van der Waals surface area contributed by atoms with Crippen LogP contribution in [0.3, 0.4) is 0 Å². The topological polar surface area (TPSA) is 466 Å². The highest BCUT2D eigenvalue weighted by Gasteiger charge is 2.35. The lowest BCUT2D eigenvalue weighted by Crippen LogP contribution is -2.60. The van der Waals surface area contributed by atoms with E-state index in [4.69, 9.17) is 22.9 Å². The van der Waals surface area contributed by atoms with E-state index in [1.807, 2.05) is 0 Å². The Morgan fingerprint density at radius 2 is 0.963 bits per heavy atom. The monoisotopic (exact) mass is 1140 g/mol. The molecule has 9 atom stereocenters. The van der Waals surface area contributed by atoms with E-state index in [1.165, 1.54) is 12.1 Å². The van der Waals surface area contributed by atoms with Crippen molar-refractivity contribution < 1.29 is 72.9 Å². The fourth-order valence-electron chi connectivity index (χ4n) is 8.20. The molecule has 446 valence electrons. The fourth-order valence-corrected chi connectivity index (χ4v) is 8.20. The highest BCUT2D eigenvalue weighted by atomic mass is 16.4. The maximum atomic E-state index is 14.3. The number of hydrogen-bond acceptors (Lipinski definition) is 15. The van der Waals surface area contributed by atoms with Crippen LogP contribution in [0.5, 0.6) is 5.75 Å². The van der Waals surface area contributed by atoms with Gasteiger partial charge in [-0.05, 0) is 79.8 Å². The fraction of sp³-hybridized carbons (Fsp3) is 0.455. The standard InChI is InChI=1S/C55H76N12O15/c1-3-31(2)47(67-45(71)30-60-49(75)40(27-32-12-6-4-7-13-32)64-51(77)38(22-24-46(72)73)61-48(74)36(57)26-34-17-19-35(68)20-18-34)54(80)66-41(28-33-14-8-5-9-15-33)52(78)65-42(29-44(59)70)53(79)62-37(21-23-43(58)69)50(76)63-39(55(81)82)16-10-11-25-56/h4-9,12-15,17-20,31,36-42,47,68H,3,10-11,16,21-30,56-57H2,1-2H3,(H2,58,69)(H2,59,70)(H,60,75)(H,61,74)(H,62,79)(H,63,76)(H,64,77)(H,65,78)(H,66,80)(H,67,71)(H,72,73)(H,81,82)/t31-,36-,37-,38-,39-,40-,41-,42-,47-/m0/s1. The molecule has 0 heterocycles. The summed E-state index contributed by atoms with van der Waals surface area (Å²) in [6.07, 6.45) is -1.97. The number of carbonyl (C=O) groups is 12. The van der Waals surface area contributed by atoms with Crippen LogP contribution >= 0.6 is 0 Å². The van der Waals surface area contributed by atoms with Gasteiger partial charge in [-0.3, -0.25) is 52.7 Å². The first-order valence-electron chi connectivity index (χ1n) is 26.6. The van der Waals surface area contributed by atoms with E-state index in [9.17, 15) is 72.9 Å². The van der Waals surface area contributed by atoms with Gasteiger partial charge in [0.1, 0.15) is 48.0 Å². The summed E-state index contributed by atoms with van der Waals surface area (Å²) in [6.45, 7) is 2.84. The Balaban J connectivity index is 1.84. The number of rotatable bonds is 37. The van der Waals surface area contributed by atoms with Crippen LogP contribution in [0.1, 0.15) is 88.3 Å². The van der Waals surface area contributed by atoms with Gasteiger partial charge in [0.25, 0.3) is 0 Å². The number of phenolic OH excluding ortho intramolecular Hbond substituents is 1. The minimum atomic E-state index is -1.80. The number of benzene rings is 3. The minimum Gasteiger partial charge on any atom is -0.508 e. The summed E-state index contributed by atoms with van der Waals surface area (Å²) < 4.78 is 0. The van der Waals surface area contributed by atoms with Crippen molar-refractivity contribution in [2.24, 2.45) is 28.9 Å². The van der Waals surface area contributed by atoms with Crippen molar-refractivity contribution in [1.82, 2.24) is 42.5 Å². The number of hydrogen-bond donors (Lipinski definition) is 15. The number of carbonyl (C=O) groups excluding carboxylic acids is 10. The van der Waals surface area contributed by atoms with Crippen molar-refractivity contribution in [2.75, 3.05) is 13.1 Å². The number of carboxylic acids is 2. The minimum absolute atomic E-state index is 0.00663. The second-order valence-corrected chi connectivity index (χ2v) is 19.6. The largest absolute Gasteiger partial charge is 0.508 e.